The van der Waals surface area contributed by atoms with E-state index in [0.29, 0.717) is 71.1 Å². The highest BCUT2D eigenvalue weighted by molar-refractivity contribution is 6.36. The molecule has 0 bridgehead atoms. The van der Waals surface area contributed by atoms with Crippen molar-refractivity contribution in [2.45, 2.75) is 71.0 Å². The molecule has 0 atom stereocenters. The lowest BCUT2D eigenvalue weighted by molar-refractivity contribution is -0.904. The Balaban J connectivity index is 0.000000182. The largest absolute Gasteiger partial charge is 0.492 e. The quantitative estimate of drug-likeness (QED) is 0.0327. The minimum atomic E-state index is -1.05. The van der Waals surface area contributed by atoms with Crippen molar-refractivity contribution in [3.8, 4) is 33.8 Å². The number of anilines is 3. The van der Waals surface area contributed by atoms with E-state index in [9.17, 15) is 34.0 Å². The van der Waals surface area contributed by atoms with E-state index in [1.165, 1.54) is 64.7 Å². The lowest BCUT2D eigenvalue weighted by Gasteiger charge is -2.27. The number of nitrogens with one attached hydrogen (secondary N) is 1. The molecule has 3 aliphatic rings. The topological polar surface area (TPSA) is 199 Å². The molecule has 3 saturated heterocycles. The summed E-state index contributed by atoms with van der Waals surface area (Å²) in [6.07, 6.45) is 7.46. The standard InChI is InChI=1S/C26H23Cl2N4O4.C26H22Cl2N4O3.C12H10ClN3O2/c1-26(2)24(33)32(19-6-7-22(29-3)20(27)16-19)25(34)31(26)11-4-14-36-23-8-5-18(15-21(23)28)17-9-12-30(35)13-10-17;1-26(2)24(33)32(19-6-7-22(29-3)20(27)16-19)25(34)31(26)13-4-14-35-23-8-5-18(15-21(23)28)17-9-11-30-12-10-17;1-12(2)10(17)16(11(18)15-12)7-4-5-9(14-3)8(13)6-7/h5-10,12-13,15-16,35H,4,11,14H2,1-2H3;5-12,15-16H,4,13-14H2,1-2H3;4-6H,1-2H3,(H,15,18)/q+1;;. The van der Waals surface area contributed by atoms with Gasteiger partial charge in [-0.1, -0.05) is 88.3 Å². The molecule has 0 unspecified atom stereocenters. The number of pyridine rings is 2. The number of halogens is 5. The molecule has 2 N–H and O–H groups in total. The number of nitrogens with zero attached hydrogens (tertiary/aromatic N) is 10. The second kappa shape index (κ2) is 27.3. The highest BCUT2D eigenvalue weighted by Crippen LogP contribution is 2.40. The van der Waals surface area contributed by atoms with Gasteiger partial charge in [-0.05, 0) is 149 Å². The number of carbonyl (C=O) groups excluding carboxylic acids is 6. The highest BCUT2D eigenvalue weighted by Gasteiger charge is 2.53. The number of ether oxygens (including phenoxy) is 2. The maximum absolute atomic E-state index is 13.2. The van der Waals surface area contributed by atoms with Crippen LogP contribution in [0.25, 0.3) is 36.8 Å². The molecule has 9 amide bonds. The van der Waals surface area contributed by atoms with E-state index in [0.717, 1.165) is 41.7 Å². The molecule has 5 aromatic carbocycles. The van der Waals surface area contributed by atoms with Crippen LogP contribution >= 0.6 is 58.0 Å². The second-order valence-electron chi connectivity index (χ2n) is 21.6. The summed E-state index contributed by atoms with van der Waals surface area (Å²) in [6.45, 7) is 32.4. The van der Waals surface area contributed by atoms with E-state index in [1.807, 2.05) is 36.4 Å². The molecule has 10 rings (SSSR count). The van der Waals surface area contributed by atoms with Crippen molar-refractivity contribution in [3.63, 3.8) is 0 Å². The van der Waals surface area contributed by atoms with E-state index in [2.05, 4.69) is 24.8 Å². The van der Waals surface area contributed by atoms with Gasteiger partial charge in [0.05, 0.1) is 60.0 Å². The number of hydrogen-bond acceptors (Lipinski definition) is 10. The molecule has 20 nitrogen and oxygen atoms in total. The Bertz CT molecular complexity index is 4070. The maximum atomic E-state index is 13.2. The molecule has 2 aromatic heterocycles. The Morgan fingerprint density at radius 2 is 0.876 bits per heavy atom. The van der Waals surface area contributed by atoms with Gasteiger partial charge >= 0.3 is 18.1 Å². The summed E-state index contributed by atoms with van der Waals surface area (Å²) in [5.74, 6) is -0.0215. The lowest BCUT2D eigenvalue weighted by Crippen LogP contribution is -2.44. The van der Waals surface area contributed by atoms with Gasteiger partial charge in [-0.15, -0.1) is 0 Å². The summed E-state index contributed by atoms with van der Waals surface area (Å²) in [7, 11) is 0. The number of aromatic nitrogens is 2. The van der Waals surface area contributed by atoms with Gasteiger partial charge < -0.3 is 24.6 Å². The highest BCUT2D eigenvalue weighted by atomic mass is 35.5. The van der Waals surface area contributed by atoms with Gasteiger partial charge in [-0.3, -0.25) is 24.6 Å². The Labute approximate surface area is 538 Å². The molecular formula is C64H55Cl5N11O9+. The molecule has 3 fully saturated rings. The van der Waals surface area contributed by atoms with Gasteiger partial charge in [0.25, 0.3) is 17.7 Å². The van der Waals surface area contributed by atoms with E-state index in [4.69, 9.17) is 87.2 Å². The van der Waals surface area contributed by atoms with Gasteiger partial charge in [0.2, 0.25) is 29.5 Å². The number of benzene rings is 5. The molecule has 3 aliphatic heterocycles. The predicted molar refractivity (Wildman–Crippen MR) is 340 cm³/mol. The zero-order chi connectivity index (χ0) is 64.7. The van der Waals surface area contributed by atoms with E-state index in [-0.39, 0.29) is 56.5 Å². The van der Waals surface area contributed by atoms with Crippen molar-refractivity contribution in [2.24, 2.45) is 0 Å². The normalized spacial score (nSPS) is 15.3. The smallest absolute Gasteiger partial charge is 0.332 e. The molecule has 89 heavy (non-hydrogen) atoms. The first kappa shape index (κ1) is 65.5. The molecule has 5 heterocycles. The molecule has 7 aromatic rings. The number of urea groups is 3. The Morgan fingerprint density at radius 1 is 0.494 bits per heavy atom. The lowest BCUT2D eigenvalue weighted by atomic mass is 10.0. The van der Waals surface area contributed by atoms with Crippen molar-refractivity contribution in [1.82, 2.24) is 20.1 Å². The van der Waals surface area contributed by atoms with Crippen LogP contribution in [0.3, 0.4) is 0 Å². The first-order valence-electron chi connectivity index (χ1n) is 27.2. The number of carbonyl (C=O) groups is 6. The Hall–Kier alpha value is -9.46. The van der Waals surface area contributed by atoms with Gasteiger partial charge in [0.1, 0.15) is 28.1 Å². The van der Waals surface area contributed by atoms with Crippen LogP contribution < -0.4 is 34.2 Å². The van der Waals surface area contributed by atoms with E-state index >= 15 is 0 Å². The van der Waals surface area contributed by atoms with Crippen molar-refractivity contribution < 1.29 is 48.2 Å². The Morgan fingerprint density at radius 3 is 1.22 bits per heavy atom. The number of imide groups is 3. The Kier molecular flexibility index (Phi) is 20.1. The van der Waals surface area contributed by atoms with Crippen LogP contribution in [0.5, 0.6) is 11.5 Å². The van der Waals surface area contributed by atoms with E-state index < -0.39 is 34.7 Å². The first-order valence-corrected chi connectivity index (χ1v) is 29.1. The summed E-state index contributed by atoms with van der Waals surface area (Å²) in [5, 5.41) is 13.5. The summed E-state index contributed by atoms with van der Waals surface area (Å²) >= 11 is 30.9. The third-order valence-electron chi connectivity index (χ3n) is 14.5. The van der Waals surface area contributed by atoms with Crippen LogP contribution in [0, 0.1) is 19.7 Å². The van der Waals surface area contributed by atoms with E-state index in [1.54, 1.807) is 90.3 Å². The molecule has 0 saturated carbocycles. The van der Waals surface area contributed by atoms with Gasteiger partial charge in [-0.2, -0.15) is 0 Å². The third kappa shape index (κ3) is 14.1. The minimum absolute atomic E-state index is 0.181. The minimum Gasteiger partial charge on any atom is -0.492 e. The number of rotatable bonds is 15. The zero-order valence-electron chi connectivity index (χ0n) is 48.6. The van der Waals surface area contributed by atoms with Crippen molar-refractivity contribution in [2.75, 3.05) is 41.0 Å². The van der Waals surface area contributed by atoms with Crippen LogP contribution in [-0.2, 0) is 14.4 Å². The van der Waals surface area contributed by atoms with Crippen LogP contribution in [0.15, 0.2) is 140 Å². The second-order valence-corrected chi connectivity index (χ2v) is 23.6. The first-order chi connectivity index (χ1) is 42.2. The van der Waals surface area contributed by atoms with Gasteiger partial charge in [-0.25, -0.2) is 43.6 Å². The molecular weight excluding hydrogens is 1240 g/mol. The fourth-order valence-corrected chi connectivity index (χ4v) is 10.7. The number of hydrogen-bond donors (Lipinski definition) is 2. The van der Waals surface area contributed by atoms with Crippen molar-refractivity contribution in [1.29, 1.82) is 0 Å². The maximum Gasteiger partial charge on any atom is 0.332 e. The monoisotopic (exact) mass is 1300 g/mol. The van der Waals surface area contributed by atoms with Crippen LogP contribution in [0.1, 0.15) is 54.4 Å². The third-order valence-corrected chi connectivity index (χ3v) is 16.0. The fourth-order valence-electron chi connectivity index (χ4n) is 9.60. The average Bonchev–Trinajstić information content (AvgIpc) is 1.73. The summed E-state index contributed by atoms with van der Waals surface area (Å²) in [6, 6.07) is 30.4. The van der Waals surface area contributed by atoms with Crippen LogP contribution in [0.4, 0.5) is 48.5 Å². The molecule has 0 aliphatic carbocycles. The predicted octanol–water partition coefficient (Wildman–Crippen LogP) is 15.1. The molecule has 0 radical (unpaired) electrons. The van der Waals surface area contributed by atoms with Gasteiger partial charge in [0, 0.05) is 57.4 Å². The van der Waals surface area contributed by atoms with Crippen LogP contribution in [-0.4, -0.2) is 98.7 Å². The SMILES string of the molecule is [C-]#[N+]c1ccc(N2C(=O)N(CCCOc3ccc(-c4cc[n+](O)cc4)cc3Cl)C(C)(C)C2=O)cc1Cl.[C-]#[N+]c1ccc(N2C(=O)N(CCCOc3ccc(-c4ccncc4)cc3Cl)C(C)(C)C2=O)cc1Cl.[C-]#[N+]c1ccc(N2C(=O)NC(C)(C)C2=O)cc1Cl. The van der Waals surface area contributed by atoms with Crippen molar-refractivity contribution >= 4 is 128 Å². The molecule has 0 spiro atoms. The summed E-state index contributed by atoms with van der Waals surface area (Å²) in [5.41, 5.74) is 2.53. The van der Waals surface area contributed by atoms with Crippen molar-refractivity contribution in [3.05, 3.63) is 199 Å². The van der Waals surface area contributed by atoms with Gasteiger partial charge in [0.15, 0.2) is 0 Å². The summed E-state index contributed by atoms with van der Waals surface area (Å²) in [4.78, 5) is 96.4. The number of amides is 9. The zero-order valence-corrected chi connectivity index (χ0v) is 52.4. The van der Waals surface area contributed by atoms with Crippen LogP contribution in [0.2, 0.25) is 25.1 Å². The summed E-state index contributed by atoms with van der Waals surface area (Å²) < 4.78 is 12.6. The fraction of sp³-hybridized carbons (Fsp3) is 0.234. The average molecular weight is 1300 g/mol. The molecule has 25 heteroatoms. The molecule has 454 valence electrons.